The zero-order valence-corrected chi connectivity index (χ0v) is 17.6. The number of aryl methyl sites for hydroxylation is 1. The monoisotopic (exact) mass is 407 g/mol. The highest BCUT2D eigenvalue weighted by molar-refractivity contribution is 6.01. The van der Waals surface area contributed by atoms with Gasteiger partial charge in [-0.15, -0.1) is 0 Å². The second-order valence-electron chi connectivity index (χ2n) is 7.46. The summed E-state index contributed by atoms with van der Waals surface area (Å²) >= 11 is 0. The number of pyridine rings is 1. The van der Waals surface area contributed by atoms with Crippen LogP contribution in [0.3, 0.4) is 0 Å². The highest BCUT2D eigenvalue weighted by atomic mass is 16.5. The zero-order valence-electron chi connectivity index (χ0n) is 17.6. The first-order valence-electron chi connectivity index (χ1n) is 9.85. The van der Waals surface area contributed by atoms with Crippen molar-refractivity contribution in [1.29, 1.82) is 0 Å². The molecule has 7 nitrogen and oxygen atoms in total. The van der Waals surface area contributed by atoms with Crippen LogP contribution in [0.1, 0.15) is 24.1 Å². The van der Waals surface area contributed by atoms with Crippen molar-refractivity contribution in [3.8, 4) is 11.5 Å². The Balaban J connectivity index is 1.65. The van der Waals surface area contributed by atoms with E-state index >= 15 is 0 Å². The molecule has 0 spiro atoms. The van der Waals surface area contributed by atoms with E-state index in [-0.39, 0.29) is 17.6 Å². The first-order valence-corrected chi connectivity index (χ1v) is 9.85. The van der Waals surface area contributed by atoms with Gasteiger partial charge in [-0.05, 0) is 42.7 Å². The van der Waals surface area contributed by atoms with E-state index in [2.05, 4.69) is 5.32 Å². The van der Waals surface area contributed by atoms with E-state index in [4.69, 9.17) is 9.47 Å². The van der Waals surface area contributed by atoms with E-state index in [1.165, 1.54) is 4.57 Å². The average molecular weight is 407 g/mol. The van der Waals surface area contributed by atoms with Crippen LogP contribution in [-0.2, 0) is 13.5 Å². The molecule has 0 bridgehead atoms. The molecular formula is C23H25N3O4. The van der Waals surface area contributed by atoms with Crippen LogP contribution < -0.4 is 20.3 Å². The maximum absolute atomic E-state index is 13.2. The van der Waals surface area contributed by atoms with Crippen LogP contribution in [0.5, 0.6) is 11.5 Å². The number of benzene rings is 2. The quantitative estimate of drug-likeness (QED) is 0.718. The minimum atomic E-state index is -0.202. The van der Waals surface area contributed by atoms with Gasteiger partial charge in [0, 0.05) is 30.6 Å². The molecule has 3 aromatic rings. The SMILES string of the molecule is COc1cc2c(cc1OC)[C@H](C)N(C(=O)Nc1cn(C)c(=O)c3ccccc13)CC2. The smallest absolute Gasteiger partial charge is 0.322 e. The Morgan fingerprint density at radius 2 is 1.77 bits per heavy atom. The average Bonchev–Trinajstić information content (AvgIpc) is 2.76. The van der Waals surface area contributed by atoms with Gasteiger partial charge in [0.05, 0.1) is 25.9 Å². The molecule has 0 aliphatic carbocycles. The minimum Gasteiger partial charge on any atom is -0.493 e. The summed E-state index contributed by atoms with van der Waals surface area (Å²) in [5.41, 5.74) is 2.71. The number of fused-ring (bicyclic) bond motifs is 2. The van der Waals surface area contributed by atoms with Crippen molar-refractivity contribution in [2.45, 2.75) is 19.4 Å². The number of carbonyl (C=O) groups is 1. The molecule has 0 fully saturated rings. The summed E-state index contributed by atoms with van der Waals surface area (Å²) < 4.78 is 12.3. The van der Waals surface area contributed by atoms with E-state index in [0.717, 1.165) is 22.9 Å². The number of anilines is 1. The summed E-state index contributed by atoms with van der Waals surface area (Å²) in [5.74, 6) is 1.34. The molecule has 7 heteroatoms. The summed E-state index contributed by atoms with van der Waals surface area (Å²) in [6.45, 7) is 2.58. The van der Waals surface area contributed by atoms with Crippen molar-refractivity contribution in [3.63, 3.8) is 0 Å². The standard InChI is InChI=1S/C23H25N3O4/c1-14-18-12-21(30-4)20(29-3)11-15(18)9-10-26(14)23(28)24-19-13-25(2)22(27)17-8-6-5-7-16(17)19/h5-8,11-14H,9-10H2,1-4H3,(H,24,28)/t14-/m0/s1. The number of hydrogen-bond donors (Lipinski definition) is 1. The van der Waals surface area contributed by atoms with Gasteiger partial charge < -0.3 is 24.3 Å². The van der Waals surface area contributed by atoms with Gasteiger partial charge in [-0.25, -0.2) is 4.79 Å². The summed E-state index contributed by atoms with van der Waals surface area (Å²) in [6.07, 6.45) is 2.39. The number of amides is 2. The number of rotatable bonds is 3. The summed E-state index contributed by atoms with van der Waals surface area (Å²) in [6, 6.07) is 10.9. The third-order valence-electron chi connectivity index (χ3n) is 5.78. The molecule has 2 heterocycles. The lowest BCUT2D eigenvalue weighted by Gasteiger charge is -2.35. The van der Waals surface area contributed by atoms with E-state index in [0.29, 0.717) is 29.1 Å². The third-order valence-corrected chi connectivity index (χ3v) is 5.78. The molecule has 1 N–H and O–H groups in total. The van der Waals surface area contributed by atoms with E-state index in [1.54, 1.807) is 38.4 Å². The zero-order chi connectivity index (χ0) is 21.4. The van der Waals surface area contributed by atoms with Crippen molar-refractivity contribution < 1.29 is 14.3 Å². The predicted octanol–water partition coefficient (Wildman–Crippen LogP) is 3.71. The van der Waals surface area contributed by atoms with Crippen molar-refractivity contribution >= 4 is 22.5 Å². The second kappa shape index (κ2) is 7.74. The Kier molecular flexibility index (Phi) is 5.11. The van der Waals surface area contributed by atoms with E-state index < -0.39 is 0 Å². The molecule has 0 saturated heterocycles. The Morgan fingerprint density at radius 1 is 1.10 bits per heavy atom. The number of nitrogens with one attached hydrogen (secondary N) is 1. The minimum absolute atomic E-state index is 0.0927. The number of nitrogens with zero attached hydrogens (tertiary/aromatic N) is 2. The highest BCUT2D eigenvalue weighted by Gasteiger charge is 2.29. The first-order chi connectivity index (χ1) is 14.4. The molecule has 4 rings (SSSR count). The van der Waals surface area contributed by atoms with Crippen LogP contribution in [0, 0.1) is 0 Å². The van der Waals surface area contributed by atoms with Gasteiger partial charge in [-0.2, -0.15) is 0 Å². The Bertz CT molecular complexity index is 1190. The molecule has 2 amide bonds. The molecule has 2 aromatic carbocycles. The number of hydrogen-bond acceptors (Lipinski definition) is 4. The van der Waals surface area contributed by atoms with Gasteiger partial charge in [0.15, 0.2) is 11.5 Å². The van der Waals surface area contributed by atoms with Crippen LogP contribution in [-0.4, -0.2) is 36.3 Å². The van der Waals surface area contributed by atoms with Crippen molar-refractivity contribution in [3.05, 3.63) is 64.1 Å². The fraction of sp³-hybridized carbons (Fsp3) is 0.304. The predicted molar refractivity (Wildman–Crippen MR) is 117 cm³/mol. The van der Waals surface area contributed by atoms with Gasteiger partial charge in [0.2, 0.25) is 0 Å². The lowest BCUT2D eigenvalue weighted by Crippen LogP contribution is -2.41. The molecule has 1 aromatic heterocycles. The third kappa shape index (κ3) is 3.26. The lowest BCUT2D eigenvalue weighted by atomic mass is 9.93. The Labute approximate surface area is 174 Å². The summed E-state index contributed by atoms with van der Waals surface area (Å²) in [4.78, 5) is 27.4. The Morgan fingerprint density at radius 3 is 2.47 bits per heavy atom. The van der Waals surface area contributed by atoms with Gasteiger partial charge in [-0.3, -0.25) is 4.79 Å². The molecule has 1 aliphatic heterocycles. The Hall–Kier alpha value is -3.48. The maximum atomic E-state index is 13.2. The van der Waals surface area contributed by atoms with Crippen molar-refractivity contribution in [2.24, 2.45) is 7.05 Å². The largest absolute Gasteiger partial charge is 0.493 e. The van der Waals surface area contributed by atoms with Crippen LogP contribution in [0.25, 0.3) is 10.8 Å². The second-order valence-corrected chi connectivity index (χ2v) is 7.46. The van der Waals surface area contributed by atoms with Gasteiger partial charge >= 0.3 is 6.03 Å². The van der Waals surface area contributed by atoms with Crippen LogP contribution in [0.2, 0.25) is 0 Å². The van der Waals surface area contributed by atoms with Crippen molar-refractivity contribution in [1.82, 2.24) is 9.47 Å². The number of ether oxygens (including phenoxy) is 2. The fourth-order valence-corrected chi connectivity index (χ4v) is 4.12. The lowest BCUT2D eigenvalue weighted by molar-refractivity contribution is 0.188. The molecule has 0 saturated carbocycles. The van der Waals surface area contributed by atoms with Crippen LogP contribution in [0.4, 0.5) is 10.5 Å². The molecule has 156 valence electrons. The van der Waals surface area contributed by atoms with Gasteiger partial charge in [0.25, 0.3) is 5.56 Å². The van der Waals surface area contributed by atoms with Crippen molar-refractivity contribution in [2.75, 3.05) is 26.1 Å². The normalized spacial score (nSPS) is 15.6. The molecule has 30 heavy (non-hydrogen) atoms. The summed E-state index contributed by atoms with van der Waals surface area (Å²) in [7, 11) is 4.91. The van der Waals surface area contributed by atoms with Gasteiger partial charge in [0.1, 0.15) is 0 Å². The van der Waals surface area contributed by atoms with Crippen LogP contribution in [0.15, 0.2) is 47.4 Å². The molecule has 0 unspecified atom stereocenters. The fourth-order valence-electron chi connectivity index (χ4n) is 4.12. The maximum Gasteiger partial charge on any atom is 0.322 e. The van der Waals surface area contributed by atoms with E-state index in [1.807, 2.05) is 37.3 Å². The molecular weight excluding hydrogens is 382 g/mol. The van der Waals surface area contributed by atoms with Crippen LogP contribution >= 0.6 is 0 Å². The number of aromatic nitrogens is 1. The van der Waals surface area contributed by atoms with E-state index in [9.17, 15) is 9.59 Å². The molecule has 0 radical (unpaired) electrons. The topological polar surface area (TPSA) is 72.8 Å². The first kappa shape index (κ1) is 19.8. The number of urea groups is 1. The summed E-state index contributed by atoms with van der Waals surface area (Å²) in [5, 5.41) is 4.31. The molecule has 1 aliphatic rings. The molecule has 1 atom stereocenters. The highest BCUT2D eigenvalue weighted by Crippen LogP contribution is 2.38. The number of methoxy groups -OCH3 is 2. The number of carbonyl (C=O) groups excluding carboxylic acids is 1. The van der Waals surface area contributed by atoms with Gasteiger partial charge in [-0.1, -0.05) is 18.2 Å².